The van der Waals surface area contributed by atoms with Gasteiger partial charge in [0.1, 0.15) is 11.5 Å². The Kier molecular flexibility index (Phi) is 2.83. The van der Waals surface area contributed by atoms with Crippen molar-refractivity contribution < 1.29 is 4.79 Å². The molecule has 0 atom stereocenters. The minimum atomic E-state index is -0.381. The van der Waals surface area contributed by atoms with Crippen LogP contribution in [0.3, 0.4) is 0 Å². The number of rotatable bonds is 3. The molecule has 0 bridgehead atoms. The van der Waals surface area contributed by atoms with Crippen LogP contribution in [0.25, 0.3) is 11.4 Å². The van der Waals surface area contributed by atoms with Crippen LogP contribution in [0.1, 0.15) is 21.7 Å². The third-order valence-corrected chi connectivity index (χ3v) is 3.04. The summed E-state index contributed by atoms with van der Waals surface area (Å²) in [6.45, 7) is 1.68. The highest BCUT2D eigenvalue weighted by Gasteiger charge is 2.15. The van der Waals surface area contributed by atoms with Gasteiger partial charge in [-0.3, -0.25) is 4.79 Å². The first-order valence-electron chi connectivity index (χ1n) is 6.08. The van der Waals surface area contributed by atoms with Crippen LogP contribution in [-0.4, -0.2) is 25.7 Å². The highest BCUT2D eigenvalue weighted by Crippen LogP contribution is 2.18. The van der Waals surface area contributed by atoms with Crippen molar-refractivity contribution in [2.75, 3.05) is 0 Å². The van der Waals surface area contributed by atoms with Gasteiger partial charge in [0.05, 0.1) is 0 Å². The van der Waals surface area contributed by atoms with E-state index in [0.29, 0.717) is 17.1 Å². The lowest BCUT2D eigenvalue weighted by molar-refractivity contribution is 0.103. The van der Waals surface area contributed by atoms with E-state index in [4.69, 9.17) is 0 Å². The SMILES string of the molecule is Cc1[nH]c(=O)[nH]c1C(=O)c1cccc(-c2ncc[nH]2)c1. The summed E-state index contributed by atoms with van der Waals surface area (Å²) in [5.74, 6) is 0.466. The molecule has 2 aromatic heterocycles. The summed E-state index contributed by atoms with van der Waals surface area (Å²) >= 11 is 0. The van der Waals surface area contributed by atoms with Crippen molar-refractivity contribution in [1.29, 1.82) is 0 Å². The standard InChI is InChI=1S/C14H12N4O2/c1-8-11(18-14(20)17-8)12(19)9-3-2-4-10(7-9)13-15-5-6-16-13/h2-7H,1H3,(H,15,16)(H2,17,18,20). The zero-order chi connectivity index (χ0) is 14.1. The van der Waals surface area contributed by atoms with E-state index in [1.165, 1.54) is 0 Å². The van der Waals surface area contributed by atoms with E-state index in [1.54, 1.807) is 37.5 Å². The van der Waals surface area contributed by atoms with E-state index in [0.717, 1.165) is 5.56 Å². The smallest absolute Gasteiger partial charge is 0.323 e. The minimum absolute atomic E-state index is 0.228. The zero-order valence-corrected chi connectivity index (χ0v) is 10.7. The molecule has 20 heavy (non-hydrogen) atoms. The highest BCUT2D eigenvalue weighted by atomic mass is 16.1. The average molecular weight is 268 g/mol. The molecule has 0 radical (unpaired) electrons. The quantitative estimate of drug-likeness (QED) is 0.630. The third-order valence-electron chi connectivity index (χ3n) is 3.04. The maximum Gasteiger partial charge on any atom is 0.323 e. The molecule has 0 spiro atoms. The predicted molar refractivity (Wildman–Crippen MR) is 73.6 cm³/mol. The Morgan fingerprint density at radius 2 is 2.10 bits per heavy atom. The van der Waals surface area contributed by atoms with Crippen LogP contribution in [-0.2, 0) is 0 Å². The number of aromatic amines is 3. The number of nitrogens with zero attached hydrogens (tertiary/aromatic N) is 1. The molecule has 0 aliphatic heterocycles. The van der Waals surface area contributed by atoms with Crippen LogP contribution in [0.5, 0.6) is 0 Å². The molecule has 3 aromatic rings. The summed E-state index contributed by atoms with van der Waals surface area (Å²) in [6, 6.07) is 7.10. The lowest BCUT2D eigenvalue weighted by Gasteiger charge is -2.02. The van der Waals surface area contributed by atoms with Gasteiger partial charge in [-0.15, -0.1) is 0 Å². The summed E-state index contributed by atoms with van der Waals surface area (Å²) < 4.78 is 0. The number of aryl methyl sites for hydroxylation is 1. The Morgan fingerprint density at radius 1 is 1.25 bits per heavy atom. The Morgan fingerprint density at radius 3 is 2.75 bits per heavy atom. The van der Waals surface area contributed by atoms with Crippen molar-refractivity contribution in [3.8, 4) is 11.4 Å². The number of H-pyrrole nitrogens is 3. The second kappa shape index (κ2) is 4.65. The molecule has 6 heteroatoms. The fourth-order valence-corrected chi connectivity index (χ4v) is 2.07. The fourth-order valence-electron chi connectivity index (χ4n) is 2.07. The van der Waals surface area contributed by atoms with Crippen molar-refractivity contribution in [1.82, 2.24) is 19.9 Å². The summed E-state index contributed by atoms with van der Waals surface area (Å²) in [5, 5.41) is 0. The molecular weight excluding hydrogens is 256 g/mol. The first-order valence-corrected chi connectivity index (χ1v) is 6.08. The van der Waals surface area contributed by atoms with Gasteiger partial charge < -0.3 is 15.0 Å². The van der Waals surface area contributed by atoms with Gasteiger partial charge in [-0.25, -0.2) is 9.78 Å². The Balaban J connectivity index is 2.03. The van der Waals surface area contributed by atoms with Gasteiger partial charge in [-0.05, 0) is 13.0 Å². The molecule has 3 N–H and O–H groups in total. The number of ketones is 1. The molecule has 100 valence electrons. The number of carbonyl (C=O) groups is 1. The van der Waals surface area contributed by atoms with Gasteiger partial charge in [-0.2, -0.15) is 0 Å². The first kappa shape index (κ1) is 12.2. The third kappa shape index (κ3) is 2.07. The van der Waals surface area contributed by atoms with Crippen molar-refractivity contribution in [2.45, 2.75) is 6.92 Å². The molecule has 6 nitrogen and oxygen atoms in total. The molecule has 1 aromatic carbocycles. The van der Waals surface area contributed by atoms with Crippen LogP contribution in [0.4, 0.5) is 0 Å². The van der Waals surface area contributed by atoms with E-state index in [9.17, 15) is 9.59 Å². The van der Waals surface area contributed by atoms with Crippen molar-refractivity contribution >= 4 is 5.78 Å². The van der Waals surface area contributed by atoms with Crippen molar-refractivity contribution in [3.63, 3.8) is 0 Å². The fraction of sp³-hybridized carbons (Fsp3) is 0.0714. The molecular formula is C14H12N4O2. The highest BCUT2D eigenvalue weighted by molar-refractivity contribution is 6.08. The number of imidazole rings is 2. The van der Waals surface area contributed by atoms with Crippen LogP contribution in [0.15, 0.2) is 41.5 Å². The minimum Gasteiger partial charge on any atom is -0.345 e. The number of hydrogen-bond acceptors (Lipinski definition) is 3. The van der Waals surface area contributed by atoms with Crippen LogP contribution in [0, 0.1) is 6.92 Å². The normalized spacial score (nSPS) is 10.7. The molecule has 0 saturated heterocycles. The van der Waals surface area contributed by atoms with Crippen LogP contribution >= 0.6 is 0 Å². The van der Waals surface area contributed by atoms with Gasteiger partial charge >= 0.3 is 5.69 Å². The molecule has 0 unspecified atom stereocenters. The van der Waals surface area contributed by atoms with E-state index in [1.807, 2.05) is 6.07 Å². The van der Waals surface area contributed by atoms with Crippen molar-refractivity contribution in [2.24, 2.45) is 0 Å². The van der Waals surface area contributed by atoms with E-state index in [-0.39, 0.29) is 17.2 Å². The summed E-state index contributed by atoms with van der Waals surface area (Å²) in [5.41, 5.74) is 1.75. The van der Waals surface area contributed by atoms with E-state index in [2.05, 4.69) is 19.9 Å². The van der Waals surface area contributed by atoms with Crippen LogP contribution < -0.4 is 5.69 Å². The second-order valence-corrected chi connectivity index (χ2v) is 4.43. The van der Waals surface area contributed by atoms with Gasteiger partial charge in [0, 0.05) is 29.2 Å². The monoisotopic (exact) mass is 268 g/mol. The number of aromatic nitrogens is 4. The van der Waals surface area contributed by atoms with Gasteiger partial charge in [0.15, 0.2) is 0 Å². The Bertz CT molecular complexity index is 812. The van der Waals surface area contributed by atoms with Gasteiger partial charge in [-0.1, -0.05) is 18.2 Å². The first-order chi connectivity index (χ1) is 9.65. The maximum absolute atomic E-state index is 12.4. The van der Waals surface area contributed by atoms with E-state index >= 15 is 0 Å². The van der Waals surface area contributed by atoms with Gasteiger partial charge in [0.25, 0.3) is 0 Å². The molecule has 2 heterocycles. The lowest BCUT2D eigenvalue weighted by Crippen LogP contribution is -2.06. The van der Waals surface area contributed by atoms with Crippen molar-refractivity contribution in [3.05, 3.63) is 64.1 Å². The number of nitrogens with one attached hydrogen (secondary N) is 3. The Labute approximate surface area is 113 Å². The number of benzene rings is 1. The largest absolute Gasteiger partial charge is 0.345 e. The maximum atomic E-state index is 12.4. The lowest BCUT2D eigenvalue weighted by atomic mass is 10.0. The molecule has 0 amide bonds. The summed E-state index contributed by atoms with van der Waals surface area (Å²) in [6.07, 6.45) is 3.37. The summed E-state index contributed by atoms with van der Waals surface area (Å²) in [4.78, 5) is 35.8. The number of hydrogen-bond donors (Lipinski definition) is 3. The predicted octanol–water partition coefficient (Wildman–Crippen LogP) is 1.63. The van der Waals surface area contributed by atoms with Gasteiger partial charge in [0.2, 0.25) is 5.78 Å². The molecule has 0 aliphatic rings. The number of carbonyl (C=O) groups excluding carboxylic acids is 1. The molecule has 3 rings (SSSR count). The molecule has 0 aliphatic carbocycles. The van der Waals surface area contributed by atoms with Crippen LogP contribution in [0.2, 0.25) is 0 Å². The second-order valence-electron chi connectivity index (χ2n) is 4.43. The molecule has 0 fully saturated rings. The summed E-state index contributed by atoms with van der Waals surface area (Å²) in [7, 11) is 0. The topological polar surface area (TPSA) is 94.4 Å². The molecule has 0 saturated carbocycles. The average Bonchev–Trinajstić information content (AvgIpc) is 3.08. The zero-order valence-electron chi connectivity index (χ0n) is 10.7. The van der Waals surface area contributed by atoms with E-state index < -0.39 is 0 Å². The Hall–Kier alpha value is -2.89.